The Morgan fingerprint density at radius 3 is 2.08 bits per heavy atom. The number of halogens is 3. The Kier molecular flexibility index (Phi) is 18.2. The summed E-state index contributed by atoms with van der Waals surface area (Å²) in [5, 5.41) is 21.2. The van der Waals surface area contributed by atoms with Crippen LogP contribution in [0, 0.1) is 5.92 Å². The molecule has 0 radical (unpaired) electrons. The van der Waals surface area contributed by atoms with Crippen molar-refractivity contribution in [3.8, 4) is 0 Å². The number of anilines is 1. The number of benzene rings is 2. The average molecular weight is 846 g/mol. The van der Waals surface area contributed by atoms with Gasteiger partial charge in [-0.05, 0) is 51.0 Å². The van der Waals surface area contributed by atoms with E-state index in [0.717, 1.165) is 6.42 Å². The van der Waals surface area contributed by atoms with Crippen molar-refractivity contribution in [2.75, 3.05) is 31.5 Å². The van der Waals surface area contributed by atoms with E-state index in [4.69, 9.17) is 15.6 Å². The molecule has 2 aromatic rings. The molecule has 0 bridgehead atoms. The number of alkyl halides is 3. The molecule has 1 aliphatic carbocycles. The lowest BCUT2D eigenvalue weighted by Crippen LogP contribution is -2.56. The number of nitrogens with two attached hydrogens (primary N) is 1. The van der Waals surface area contributed by atoms with Crippen molar-refractivity contribution in [3.05, 3.63) is 64.7 Å². The van der Waals surface area contributed by atoms with Gasteiger partial charge in [-0.25, -0.2) is 4.79 Å². The van der Waals surface area contributed by atoms with Crippen LogP contribution in [0.25, 0.3) is 0 Å². The molecule has 1 fully saturated rings. The third-order valence-electron chi connectivity index (χ3n) is 9.66. The Labute approximate surface area is 345 Å². The predicted molar refractivity (Wildman–Crippen MR) is 214 cm³/mol. The highest BCUT2D eigenvalue weighted by Crippen LogP contribution is 2.32. The third kappa shape index (κ3) is 13.6. The van der Waals surface area contributed by atoms with E-state index in [0.29, 0.717) is 86.1 Å². The molecule has 4 rings (SSSR count). The normalized spacial score (nSPS) is 15.9. The maximum atomic E-state index is 13.8. The van der Waals surface area contributed by atoms with E-state index >= 15 is 0 Å². The molecule has 2 aliphatic rings. The van der Waals surface area contributed by atoms with Crippen LogP contribution >= 0.6 is 0 Å². The molecule has 1 aliphatic heterocycles. The van der Waals surface area contributed by atoms with Crippen LogP contribution < -0.4 is 32.3 Å². The van der Waals surface area contributed by atoms with Crippen LogP contribution in [0.3, 0.4) is 0 Å². The lowest BCUT2D eigenvalue weighted by molar-refractivity contribution is -0.192. The maximum Gasteiger partial charge on any atom is 0.490 e. The molecule has 60 heavy (non-hydrogen) atoms. The quantitative estimate of drug-likeness (QED) is 0.0918. The van der Waals surface area contributed by atoms with Gasteiger partial charge in [-0.1, -0.05) is 70.0 Å². The van der Waals surface area contributed by atoms with E-state index < -0.39 is 54.0 Å². The van der Waals surface area contributed by atoms with Crippen molar-refractivity contribution in [1.82, 2.24) is 26.2 Å². The molecule has 0 spiro atoms. The molecule has 0 unspecified atom stereocenters. The fourth-order valence-electron chi connectivity index (χ4n) is 6.65. The number of ketones is 2. The first-order chi connectivity index (χ1) is 28.3. The number of nitrogens with zero attached hydrogens (tertiary/aromatic N) is 1. The van der Waals surface area contributed by atoms with Gasteiger partial charge in [0, 0.05) is 42.0 Å². The standard InChI is InChI=1S/C39H53N7O7.C2HF3O2/c1-5-6-15-29(45-36(50)24(4)40)37(51)43-22-32(47)44-30(21-23(2)3)39(53)46-20-10-17-31(46)38(52)42-19-11-18-41-28-16-9-14-27-33(28)35(49)26-13-8-7-12-25(26)34(27)48;3-2(4,5)1(6)7/h7-9,12-14,16,23-24,29-31,41H,5-6,10-11,15,17-22,40H2,1-4H3,(H,42,52)(H,43,51)(H,44,47)(H,45,50);(H,6,7)/t24-,29-,30-,31-;/m0./s1. The monoisotopic (exact) mass is 845 g/mol. The van der Waals surface area contributed by atoms with E-state index in [1.54, 1.807) is 42.5 Å². The van der Waals surface area contributed by atoms with Gasteiger partial charge in [-0.2, -0.15) is 13.2 Å². The molecule has 16 nitrogen and oxygen atoms in total. The minimum atomic E-state index is -5.08. The second-order valence-electron chi connectivity index (χ2n) is 15.0. The number of amides is 5. The molecule has 4 atom stereocenters. The number of carbonyl (C=O) groups excluding carboxylic acids is 7. The Morgan fingerprint density at radius 1 is 0.850 bits per heavy atom. The van der Waals surface area contributed by atoms with Crippen LogP contribution in [0.1, 0.15) is 104 Å². The number of aliphatic carboxylic acids is 1. The highest BCUT2D eigenvalue weighted by Gasteiger charge is 2.39. The Bertz CT molecular complexity index is 1900. The Hall–Kier alpha value is -5.85. The molecule has 328 valence electrons. The molecule has 1 saturated heterocycles. The van der Waals surface area contributed by atoms with Crippen molar-refractivity contribution in [1.29, 1.82) is 0 Å². The van der Waals surface area contributed by atoms with Crippen LogP contribution in [-0.4, -0.2) is 114 Å². The van der Waals surface area contributed by atoms with Crippen LogP contribution in [0.4, 0.5) is 18.9 Å². The van der Waals surface area contributed by atoms with Gasteiger partial charge in [0.1, 0.15) is 18.1 Å². The summed E-state index contributed by atoms with van der Waals surface area (Å²) in [5.41, 5.74) is 7.66. The maximum absolute atomic E-state index is 13.8. The van der Waals surface area contributed by atoms with Crippen molar-refractivity contribution in [2.45, 2.75) is 103 Å². The molecule has 19 heteroatoms. The zero-order chi connectivity index (χ0) is 44.7. The van der Waals surface area contributed by atoms with Crippen molar-refractivity contribution in [2.24, 2.45) is 11.7 Å². The SMILES string of the molecule is CCCC[C@H](NC(=O)[C@H](C)N)C(=O)NCC(=O)N[C@@H](CC(C)C)C(=O)N1CCC[C@H]1C(=O)NCCCNc1cccc2c1C(=O)c1ccccc1C2=O.O=C(O)C(F)(F)F. The average Bonchev–Trinajstić information content (AvgIpc) is 3.69. The van der Waals surface area contributed by atoms with Gasteiger partial charge in [-0.15, -0.1) is 0 Å². The molecule has 0 saturated carbocycles. The summed E-state index contributed by atoms with van der Waals surface area (Å²) in [6, 6.07) is 8.68. The summed E-state index contributed by atoms with van der Waals surface area (Å²) in [7, 11) is 0. The zero-order valence-corrected chi connectivity index (χ0v) is 34.1. The summed E-state index contributed by atoms with van der Waals surface area (Å²) in [4.78, 5) is 102. The first kappa shape index (κ1) is 48.5. The topological polar surface area (TPSA) is 246 Å². The van der Waals surface area contributed by atoms with Crippen LogP contribution in [0.15, 0.2) is 42.5 Å². The number of rotatable bonds is 18. The minimum Gasteiger partial charge on any atom is -0.475 e. The molecule has 2 aromatic carbocycles. The summed E-state index contributed by atoms with van der Waals surface area (Å²) >= 11 is 0. The van der Waals surface area contributed by atoms with Gasteiger partial charge >= 0.3 is 12.1 Å². The van der Waals surface area contributed by atoms with E-state index in [1.807, 2.05) is 20.8 Å². The van der Waals surface area contributed by atoms with Gasteiger partial charge in [0.2, 0.25) is 29.5 Å². The molecular formula is C41H54F3N7O9. The van der Waals surface area contributed by atoms with E-state index in [9.17, 15) is 46.7 Å². The number of unbranched alkanes of at least 4 members (excludes halogenated alkanes) is 1. The summed E-state index contributed by atoms with van der Waals surface area (Å²) in [5.74, 6) is -5.32. The van der Waals surface area contributed by atoms with Crippen LogP contribution in [-0.2, 0) is 28.8 Å². The van der Waals surface area contributed by atoms with Gasteiger partial charge < -0.3 is 42.3 Å². The summed E-state index contributed by atoms with van der Waals surface area (Å²) in [6.07, 6.45) is -1.24. The molecule has 8 N–H and O–H groups in total. The number of hydrogen-bond donors (Lipinski definition) is 7. The Morgan fingerprint density at radius 2 is 1.48 bits per heavy atom. The lowest BCUT2D eigenvalue weighted by Gasteiger charge is -2.29. The summed E-state index contributed by atoms with van der Waals surface area (Å²) in [6.45, 7) is 8.04. The summed E-state index contributed by atoms with van der Waals surface area (Å²) < 4.78 is 31.7. The highest BCUT2D eigenvalue weighted by molar-refractivity contribution is 6.30. The van der Waals surface area contributed by atoms with Crippen LogP contribution in [0.5, 0.6) is 0 Å². The van der Waals surface area contributed by atoms with Gasteiger partial charge in [0.15, 0.2) is 11.6 Å². The van der Waals surface area contributed by atoms with E-state index in [-0.39, 0.29) is 35.8 Å². The highest BCUT2D eigenvalue weighted by atomic mass is 19.4. The minimum absolute atomic E-state index is 0.0477. The van der Waals surface area contributed by atoms with E-state index in [1.165, 1.54) is 11.8 Å². The van der Waals surface area contributed by atoms with Gasteiger partial charge in [0.05, 0.1) is 18.2 Å². The number of carboxylic acid groups (broad SMARTS) is 1. The fourth-order valence-corrected chi connectivity index (χ4v) is 6.65. The Balaban J connectivity index is 0.00000126. The van der Waals surface area contributed by atoms with Crippen LogP contribution in [0.2, 0.25) is 0 Å². The number of carbonyl (C=O) groups is 8. The molecule has 5 amide bonds. The van der Waals surface area contributed by atoms with Gasteiger partial charge in [0.25, 0.3) is 0 Å². The van der Waals surface area contributed by atoms with E-state index in [2.05, 4.69) is 26.6 Å². The van der Waals surface area contributed by atoms with Gasteiger partial charge in [-0.3, -0.25) is 33.6 Å². The largest absolute Gasteiger partial charge is 0.490 e. The zero-order valence-electron chi connectivity index (χ0n) is 34.1. The first-order valence-electron chi connectivity index (χ1n) is 19.8. The molecule has 0 aromatic heterocycles. The third-order valence-corrected chi connectivity index (χ3v) is 9.66. The number of nitrogens with one attached hydrogen (secondary N) is 5. The number of likely N-dealkylation sites (tertiary alicyclic amines) is 1. The number of carboxylic acids is 1. The number of hydrogen-bond acceptors (Lipinski definition) is 10. The second-order valence-corrected chi connectivity index (χ2v) is 15.0. The molecule has 1 heterocycles. The molecular weight excluding hydrogens is 791 g/mol. The van der Waals surface area contributed by atoms with Crippen molar-refractivity contribution in [3.63, 3.8) is 0 Å². The lowest BCUT2D eigenvalue weighted by atomic mass is 9.83. The van der Waals surface area contributed by atoms with Crippen molar-refractivity contribution >= 4 is 52.8 Å². The predicted octanol–water partition coefficient (Wildman–Crippen LogP) is 2.67. The second kappa shape index (κ2) is 22.5. The smallest absolute Gasteiger partial charge is 0.475 e. The van der Waals surface area contributed by atoms with Crippen molar-refractivity contribution < 1.29 is 56.6 Å². The first-order valence-corrected chi connectivity index (χ1v) is 19.8. The number of fused-ring (bicyclic) bond motifs is 2. The fraction of sp³-hybridized carbons (Fsp3) is 0.512.